The van der Waals surface area contributed by atoms with Crippen LogP contribution in [-0.4, -0.2) is 68.9 Å². The van der Waals surface area contributed by atoms with Crippen LogP contribution in [0.2, 0.25) is 0 Å². The van der Waals surface area contributed by atoms with E-state index in [1.807, 2.05) is 6.08 Å². The maximum absolute atomic E-state index is 12.4. The number of H-pyrrole nitrogens is 1. The molecule has 1 aromatic rings. The smallest absolute Gasteiger partial charge is 0.326 e. The molecule has 13 heteroatoms. The molecule has 32 heavy (non-hydrogen) atoms. The summed E-state index contributed by atoms with van der Waals surface area (Å²) in [5.74, 6) is -2.97. The van der Waals surface area contributed by atoms with E-state index in [-0.39, 0.29) is 30.5 Å². The number of carbonyl (C=O) groups is 3. The summed E-state index contributed by atoms with van der Waals surface area (Å²) < 4.78 is 0. The van der Waals surface area contributed by atoms with Crippen molar-refractivity contribution in [3.63, 3.8) is 0 Å². The van der Waals surface area contributed by atoms with Gasteiger partial charge in [-0.2, -0.15) is 4.98 Å². The standard InChI is InChI=1S/C19H25N7O6/c20-19-25-15-14(17(30)26-19)23-11(8-22-15)7-21-10-3-1-9(2-4-10)16(29)24-12(18(31)32)5-6-13(27)28/h1,3,9-10,12,21H,2,4-8H2,(H,24,29)(H,27,28)(H,31,32)(H4,20,22,25,26,30)/t9?,10?,12-/m0/s1. The van der Waals surface area contributed by atoms with Crippen LogP contribution >= 0.6 is 0 Å². The van der Waals surface area contributed by atoms with Crippen LogP contribution in [0.3, 0.4) is 0 Å². The van der Waals surface area contributed by atoms with Gasteiger partial charge in [0.2, 0.25) is 11.9 Å². The fraction of sp³-hybridized carbons (Fsp3) is 0.474. The van der Waals surface area contributed by atoms with Crippen LogP contribution in [0.1, 0.15) is 25.7 Å². The Morgan fingerprint density at radius 3 is 2.69 bits per heavy atom. The number of amides is 1. The Kier molecular flexibility index (Phi) is 7.20. The number of nitrogens with zero attached hydrogens (tertiary/aromatic N) is 2. The molecule has 1 aliphatic heterocycles. The Morgan fingerprint density at radius 1 is 1.25 bits per heavy atom. The molecule has 2 heterocycles. The Morgan fingerprint density at radius 2 is 2.03 bits per heavy atom. The molecule has 0 spiro atoms. The van der Waals surface area contributed by atoms with Crippen molar-refractivity contribution in [2.24, 2.45) is 10.9 Å². The second-order valence-electron chi connectivity index (χ2n) is 7.57. The number of rotatable bonds is 9. The topological polar surface area (TPSA) is 212 Å². The SMILES string of the molecule is Nc1nc2c(c(=O)[nH]1)N=C(CNC1C=CC(C(=O)N[C@@H](CCC(=O)O)C(=O)O)CC1)CN2. The van der Waals surface area contributed by atoms with Crippen molar-refractivity contribution in [2.45, 2.75) is 37.8 Å². The second-order valence-corrected chi connectivity index (χ2v) is 7.57. The largest absolute Gasteiger partial charge is 0.481 e. The molecule has 3 atom stereocenters. The number of carboxylic acids is 2. The number of hydrogen-bond acceptors (Lipinski definition) is 9. The van der Waals surface area contributed by atoms with E-state index < -0.39 is 35.4 Å². The molecule has 8 N–H and O–H groups in total. The molecule has 0 saturated heterocycles. The lowest BCUT2D eigenvalue weighted by Crippen LogP contribution is -2.45. The van der Waals surface area contributed by atoms with Gasteiger partial charge in [0.15, 0.2) is 11.5 Å². The number of nitrogens with two attached hydrogens (primary N) is 1. The monoisotopic (exact) mass is 447 g/mol. The van der Waals surface area contributed by atoms with Gasteiger partial charge in [-0.25, -0.2) is 9.79 Å². The third-order valence-electron chi connectivity index (χ3n) is 5.17. The Hall–Kier alpha value is -3.74. The minimum absolute atomic E-state index is 0.0144. The van der Waals surface area contributed by atoms with E-state index in [9.17, 15) is 24.3 Å². The second kappa shape index (κ2) is 10.0. The summed E-state index contributed by atoms with van der Waals surface area (Å²) in [5, 5.41) is 26.6. The van der Waals surface area contributed by atoms with Gasteiger partial charge in [0.25, 0.3) is 5.56 Å². The summed E-state index contributed by atoms with van der Waals surface area (Å²) in [6.45, 7) is 0.822. The first kappa shape index (κ1) is 22.9. The molecule has 0 radical (unpaired) electrons. The molecule has 2 unspecified atom stereocenters. The number of fused-ring (bicyclic) bond motifs is 1. The predicted molar refractivity (Wildman–Crippen MR) is 115 cm³/mol. The van der Waals surface area contributed by atoms with Crippen LogP contribution in [0, 0.1) is 5.92 Å². The molecule has 0 aromatic carbocycles. The van der Waals surface area contributed by atoms with Gasteiger partial charge < -0.3 is 31.9 Å². The number of aliphatic imine (C=N–C) groups is 1. The van der Waals surface area contributed by atoms with Gasteiger partial charge in [-0.15, -0.1) is 0 Å². The lowest BCUT2D eigenvalue weighted by atomic mass is 9.91. The predicted octanol–water partition coefficient (Wildman–Crippen LogP) is -0.791. The molecule has 1 aliphatic carbocycles. The molecule has 3 rings (SSSR count). The van der Waals surface area contributed by atoms with E-state index in [1.54, 1.807) is 6.08 Å². The van der Waals surface area contributed by atoms with Crippen LogP contribution in [0.15, 0.2) is 21.9 Å². The summed E-state index contributed by atoms with van der Waals surface area (Å²) in [7, 11) is 0. The Bertz CT molecular complexity index is 1020. The van der Waals surface area contributed by atoms with Crippen LogP contribution in [0.5, 0.6) is 0 Å². The zero-order valence-corrected chi connectivity index (χ0v) is 17.1. The third-order valence-corrected chi connectivity index (χ3v) is 5.17. The zero-order chi connectivity index (χ0) is 23.3. The quantitative estimate of drug-likeness (QED) is 0.234. The first-order chi connectivity index (χ1) is 15.2. The number of aliphatic carboxylic acids is 2. The average Bonchev–Trinajstić information content (AvgIpc) is 2.75. The number of aromatic nitrogens is 2. The van der Waals surface area contributed by atoms with Gasteiger partial charge in [-0.05, 0) is 19.3 Å². The van der Waals surface area contributed by atoms with Crippen molar-refractivity contribution in [1.82, 2.24) is 20.6 Å². The van der Waals surface area contributed by atoms with Crippen molar-refractivity contribution in [2.75, 3.05) is 24.1 Å². The highest BCUT2D eigenvalue weighted by Crippen LogP contribution is 2.22. The highest BCUT2D eigenvalue weighted by molar-refractivity contribution is 5.96. The lowest BCUT2D eigenvalue weighted by molar-refractivity contribution is -0.143. The minimum Gasteiger partial charge on any atom is -0.481 e. The minimum atomic E-state index is -1.26. The molecular weight excluding hydrogens is 422 g/mol. The highest BCUT2D eigenvalue weighted by Gasteiger charge is 2.27. The van der Waals surface area contributed by atoms with E-state index >= 15 is 0 Å². The van der Waals surface area contributed by atoms with Crippen LogP contribution in [0.4, 0.5) is 17.5 Å². The molecule has 13 nitrogen and oxygen atoms in total. The third kappa shape index (κ3) is 5.91. The number of aromatic amines is 1. The van der Waals surface area contributed by atoms with Crippen molar-refractivity contribution < 1.29 is 24.6 Å². The summed E-state index contributed by atoms with van der Waals surface area (Å²) >= 11 is 0. The first-order valence-electron chi connectivity index (χ1n) is 10.1. The van der Waals surface area contributed by atoms with Crippen LogP contribution in [-0.2, 0) is 14.4 Å². The average molecular weight is 447 g/mol. The van der Waals surface area contributed by atoms with Crippen molar-refractivity contribution in [1.29, 1.82) is 0 Å². The van der Waals surface area contributed by atoms with Gasteiger partial charge in [0.1, 0.15) is 6.04 Å². The normalized spacial score (nSPS) is 20.4. The Labute approximate surface area is 182 Å². The number of nitrogens with one attached hydrogen (secondary N) is 4. The number of anilines is 2. The van der Waals surface area contributed by atoms with Crippen molar-refractivity contribution in [3.8, 4) is 0 Å². The molecule has 1 amide bonds. The van der Waals surface area contributed by atoms with E-state index in [0.29, 0.717) is 37.5 Å². The number of nitrogen functional groups attached to an aromatic ring is 1. The van der Waals surface area contributed by atoms with E-state index in [0.717, 1.165) is 0 Å². The summed E-state index contributed by atoms with van der Waals surface area (Å²) in [4.78, 5) is 57.0. The maximum atomic E-state index is 12.4. The number of carbonyl (C=O) groups excluding carboxylic acids is 1. The zero-order valence-electron chi connectivity index (χ0n) is 17.1. The maximum Gasteiger partial charge on any atom is 0.326 e. The Balaban J connectivity index is 1.51. The fourth-order valence-electron chi connectivity index (χ4n) is 3.46. The molecule has 0 fully saturated rings. The van der Waals surface area contributed by atoms with Gasteiger partial charge in [0, 0.05) is 19.0 Å². The van der Waals surface area contributed by atoms with E-state index in [4.69, 9.17) is 10.8 Å². The van der Waals surface area contributed by atoms with Crippen molar-refractivity contribution >= 4 is 41.0 Å². The summed E-state index contributed by atoms with van der Waals surface area (Å²) in [6, 6.07) is -1.26. The molecule has 0 bridgehead atoms. The first-order valence-corrected chi connectivity index (χ1v) is 10.1. The number of hydrogen-bond donors (Lipinski definition) is 7. The fourth-order valence-corrected chi connectivity index (χ4v) is 3.46. The number of carboxylic acid groups (broad SMARTS) is 2. The van der Waals surface area contributed by atoms with Crippen LogP contribution < -0.4 is 27.2 Å². The summed E-state index contributed by atoms with van der Waals surface area (Å²) in [6.07, 6.45) is 4.16. The van der Waals surface area contributed by atoms with Gasteiger partial charge >= 0.3 is 11.9 Å². The molecule has 172 valence electrons. The van der Waals surface area contributed by atoms with E-state index in [1.165, 1.54) is 0 Å². The molecular formula is C19H25N7O6. The van der Waals surface area contributed by atoms with Gasteiger partial charge in [0.05, 0.1) is 18.2 Å². The molecule has 2 aliphatic rings. The van der Waals surface area contributed by atoms with Crippen molar-refractivity contribution in [3.05, 3.63) is 22.5 Å². The van der Waals surface area contributed by atoms with Gasteiger partial charge in [-0.3, -0.25) is 19.4 Å². The van der Waals surface area contributed by atoms with Crippen LogP contribution in [0.25, 0.3) is 0 Å². The highest BCUT2D eigenvalue weighted by atomic mass is 16.4. The summed E-state index contributed by atoms with van der Waals surface area (Å²) in [5.41, 5.74) is 5.98. The van der Waals surface area contributed by atoms with E-state index in [2.05, 4.69) is 30.9 Å². The molecule has 1 aromatic heterocycles. The lowest BCUT2D eigenvalue weighted by Gasteiger charge is -2.25. The molecule has 0 saturated carbocycles. The van der Waals surface area contributed by atoms with Gasteiger partial charge in [-0.1, -0.05) is 12.2 Å².